The zero-order chi connectivity index (χ0) is 13.0. The highest BCUT2D eigenvalue weighted by Crippen LogP contribution is 2.30. The summed E-state index contributed by atoms with van der Waals surface area (Å²) in [5.74, 6) is -0.308. The summed E-state index contributed by atoms with van der Waals surface area (Å²) in [6, 6.07) is 6.25. The van der Waals surface area contributed by atoms with Crippen molar-refractivity contribution in [2.24, 2.45) is 0 Å². The van der Waals surface area contributed by atoms with Crippen LogP contribution in [0.2, 0.25) is 5.02 Å². The van der Waals surface area contributed by atoms with Crippen LogP contribution in [0.5, 0.6) is 0 Å². The van der Waals surface area contributed by atoms with Gasteiger partial charge in [-0.25, -0.2) is 4.39 Å². The lowest BCUT2D eigenvalue weighted by Gasteiger charge is -2.19. The van der Waals surface area contributed by atoms with E-state index >= 15 is 0 Å². The van der Waals surface area contributed by atoms with Gasteiger partial charge in [0.05, 0.1) is 18.6 Å². The summed E-state index contributed by atoms with van der Waals surface area (Å²) in [7, 11) is 0. The molecule has 1 aromatic heterocycles. The fourth-order valence-electron chi connectivity index (χ4n) is 1.90. The van der Waals surface area contributed by atoms with Crippen LogP contribution in [0.1, 0.15) is 30.5 Å². The Labute approximate surface area is 111 Å². The lowest BCUT2D eigenvalue weighted by atomic mass is 10.0. The summed E-state index contributed by atoms with van der Waals surface area (Å²) in [6.07, 6.45) is 4.14. The monoisotopic (exact) mass is 267 g/mol. The van der Waals surface area contributed by atoms with Crippen LogP contribution in [-0.2, 0) is 0 Å². The molecule has 0 spiro atoms. The second-order valence-corrected chi connectivity index (χ2v) is 4.49. The molecule has 0 aliphatic carbocycles. The Balaban J connectivity index is 2.40. The highest BCUT2D eigenvalue weighted by Gasteiger charge is 2.21. The molecule has 2 rings (SSSR count). The number of hydrogen-bond donors (Lipinski definition) is 1. The molecule has 1 atom stereocenters. The van der Waals surface area contributed by atoms with Crippen LogP contribution in [0, 0.1) is 5.82 Å². The summed E-state index contributed by atoms with van der Waals surface area (Å²) in [4.78, 5) is 0. The van der Waals surface area contributed by atoms with Crippen LogP contribution >= 0.6 is 11.6 Å². The molecule has 1 N–H and O–H groups in total. The predicted octanol–water partition coefficient (Wildman–Crippen LogP) is 4.16. The average Bonchev–Trinajstić information content (AvgIpc) is 2.86. The Morgan fingerprint density at radius 2 is 2.22 bits per heavy atom. The molecule has 2 nitrogen and oxygen atoms in total. The van der Waals surface area contributed by atoms with Crippen LogP contribution in [0.25, 0.3) is 0 Å². The number of furan rings is 1. The molecule has 4 heteroatoms. The molecule has 0 radical (unpaired) electrons. The van der Waals surface area contributed by atoms with Crippen LogP contribution in [0.15, 0.2) is 41.2 Å². The van der Waals surface area contributed by atoms with E-state index in [0.29, 0.717) is 10.6 Å². The van der Waals surface area contributed by atoms with Gasteiger partial charge in [0.15, 0.2) is 0 Å². The normalized spacial score (nSPS) is 12.6. The number of halogens is 2. The topological polar surface area (TPSA) is 25.2 Å². The van der Waals surface area contributed by atoms with Crippen molar-refractivity contribution in [2.45, 2.75) is 19.4 Å². The SMILES string of the molecule is CCCNC(c1ccoc1)c1c(F)cccc1Cl. The first-order valence-corrected chi connectivity index (χ1v) is 6.31. The molecule has 0 bridgehead atoms. The van der Waals surface area contributed by atoms with Gasteiger partial charge in [0.25, 0.3) is 0 Å². The minimum atomic E-state index is -0.308. The summed E-state index contributed by atoms with van der Waals surface area (Å²) >= 11 is 6.11. The van der Waals surface area contributed by atoms with E-state index in [2.05, 4.69) is 12.2 Å². The van der Waals surface area contributed by atoms with Gasteiger partial charge in [-0.1, -0.05) is 24.6 Å². The van der Waals surface area contributed by atoms with Crippen LogP contribution in [0.3, 0.4) is 0 Å². The number of nitrogens with one attached hydrogen (secondary N) is 1. The smallest absolute Gasteiger partial charge is 0.129 e. The summed E-state index contributed by atoms with van der Waals surface area (Å²) in [6.45, 7) is 2.84. The van der Waals surface area contributed by atoms with Crippen molar-refractivity contribution < 1.29 is 8.81 Å². The van der Waals surface area contributed by atoms with Crippen molar-refractivity contribution in [1.29, 1.82) is 0 Å². The fourth-order valence-corrected chi connectivity index (χ4v) is 2.17. The molecular formula is C14H15ClFNO. The van der Waals surface area contributed by atoms with Crippen molar-refractivity contribution >= 4 is 11.6 Å². The second-order valence-electron chi connectivity index (χ2n) is 4.08. The third-order valence-corrected chi connectivity index (χ3v) is 3.09. The van der Waals surface area contributed by atoms with E-state index in [1.54, 1.807) is 24.7 Å². The van der Waals surface area contributed by atoms with Crippen molar-refractivity contribution in [1.82, 2.24) is 5.32 Å². The molecule has 0 saturated heterocycles. The molecule has 1 unspecified atom stereocenters. The quantitative estimate of drug-likeness (QED) is 0.880. The van der Waals surface area contributed by atoms with Gasteiger partial charge >= 0.3 is 0 Å². The van der Waals surface area contributed by atoms with Gasteiger partial charge in [0.1, 0.15) is 5.82 Å². The van der Waals surface area contributed by atoms with E-state index in [0.717, 1.165) is 18.5 Å². The summed E-state index contributed by atoms with van der Waals surface area (Å²) in [5.41, 5.74) is 1.34. The highest BCUT2D eigenvalue weighted by atomic mass is 35.5. The first kappa shape index (κ1) is 13.1. The Hall–Kier alpha value is -1.32. The standard InChI is InChI=1S/C14H15ClFNO/c1-2-7-17-14(10-6-8-18-9-10)13-11(15)4-3-5-12(13)16/h3-6,8-9,14,17H,2,7H2,1H3. The minimum Gasteiger partial charge on any atom is -0.472 e. The zero-order valence-electron chi connectivity index (χ0n) is 10.1. The lowest BCUT2D eigenvalue weighted by molar-refractivity contribution is 0.530. The average molecular weight is 268 g/mol. The molecule has 0 aliphatic rings. The maximum Gasteiger partial charge on any atom is 0.129 e. The van der Waals surface area contributed by atoms with Crippen LogP contribution in [0.4, 0.5) is 4.39 Å². The first-order valence-electron chi connectivity index (χ1n) is 5.93. The third-order valence-electron chi connectivity index (χ3n) is 2.76. The number of rotatable bonds is 5. The van der Waals surface area contributed by atoms with Crippen molar-refractivity contribution in [3.05, 3.63) is 58.8 Å². The Morgan fingerprint density at radius 3 is 2.83 bits per heavy atom. The minimum absolute atomic E-state index is 0.280. The molecule has 2 aromatic rings. The van der Waals surface area contributed by atoms with E-state index in [4.69, 9.17) is 16.0 Å². The van der Waals surface area contributed by atoms with E-state index in [1.165, 1.54) is 6.07 Å². The van der Waals surface area contributed by atoms with Gasteiger partial charge in [-0.2, -0.15) is 0 Å². The predicted molar refractivity (Wildman–Crippen MR) is 70.3 cm³/mol. The molecule has 96 valence electrons. The maximum atomic E-state index is 14.0. The Bertz CT molecular complexity index is 478. The Kier molecular flexibility index (Phi) is 4.39. The van der Waals surface area contributed by atoms with E-state index < -0.39 is 0 Å². The highest BCUT2D eigenvalue weighted by molar-refractivity contribution is 6.31. The van der Waals surface area contributed by atoms with Crippen molar-refractivity contribution in [3.63, 3.8) is 0 Å². The maximum absolute atomic E-state index is 14.0. The molecule has 0 saturated carbocycles. The van der Waals surface area contributed by atoms with E-state index in [-0.39, 0.29) is 11.9 Å². The number of benzene rings is 1. The molecule has 0 aliphatic heterocycles. The molecule has 18 heavy (non-hydrogen) atoms. The van der Waals surface area contributed by atoms with E-state index in [9.17, 15) is 4.39 Å². The number of hydrogen-bond acceptors (Lipinski definition) is 2. The van der Waals surface area contributed by atoms with Crippen LogP contribution < -0.4 is 5.32 Å². The van der Waals surface area contributed by atoms with Gasteiger partial charge in [0.2, 0.25) is 0 Å². The Morgan fingerprint density at radius 1 is 1.39 bits per heavy atom. The molecule has 1 heterocycles. The van der Waals surface area contributed by atoms with E-state index in [1.807, 2.05) is 6.07 Å². The second kappa shape index (κ2) is 6.03. The van der Waals surface area contributed by atoms with Gasteiger partial charge in [0, 0.05) is 16.1 Å². The van der Waals surface area contributed by atoms with Gasteiger partial charge < -0.3 is 9.73 Å². The first-order chi connectivity index (χ1) is 8.74. The molecule has 0 fully saturated rings. The van der Waals surface area contributed by atoms with Crippen LogP contribution in [-0.4, -0.2) is 6.54 Å². The van der Waals surface area contributed by atoms with Gasteiger partial charge in [-0.05, 0) is 31.2 Å². The fraction of sp³-hybridized carbons (Fsp3) is 0.286. The van der Waals surface area contributed by atoms with Crippen molar-refractivity contribution in [2.75, 3.05) is 6.54 Å². The third kappa shape index (κ3) is 2.74. The van der Waals surface area contributed by atoms with Gasteiger partial charge in [-0.3, -0.25) is 0 Å². The molecular weight excluding hydrogens is 253 g/mol. The lowest BCUT2D eigenvalue weighted by Crippen LogP contribution is -2.24. The van der Waals surface area contributed by atoms with Crippen molar-refractivity contribution in [3.8, 4) is 0 Å². The molecule has 0 amide bonds. The zero-order valence-corrected chi connectivity index (χ0v) is 10.9. The van der Waals surface area contributed by atoms with Gasteiger partial charge in [-0.15, -0.1) is 0 Å². The largest absolute Gasteiger partial charge is 0.472 e. The molecule has 1 aromatic carbocycles. The summed E-state index contributed by atoms with van der Waals surface area (Å²) in [5, 5.41) is 3.71. The summed E-state index contributed by atoms with van der Waals surface area (Å²) < 4.78 is 19.0.